The molecule has 1 unspecified atom stereocenters. The van der Waals surface area contributed by atoms with Crippen LogP contribution in [0.25, 0.3) is 0 Å². The predicted octanol–water partition coefficient (Wildman–Crippen LogP) is 1.96. The maximum absolute atomic E-state index is 12.9. The van der Waals surface area contributed by atoms with Gasteiger partial charge in [0.05, 0.1) is 38.6 Å². The summed E-state index contributed by atoms with van der Waals surface area (Å²) in [5, 5.41) is 3.96. The minimum atomic E-state index is -0.322. The second-order valence-corrected chi connectivity index (χ2v) is 9.17. The molecule has 3 aliphatic rings. The number of furan rings is 1. The Morgan fingerprint density at radius 2 is 1.94 bits per heavy atom. The van der Waals surface area contributed by atoms with Crippen LogP contribution in [0.3, 0.4) is 0 Å². The summed E-state index contributed by atoms with van der Waals surface area (Å²) in [6, 6.07) is 3.55. The molecule has 32 heavy (non-hydrogen) atoms. The standard InChI is InChI=1S/C23H29N3O6/c1-15-19(16(2)32-24-15)10-18-3-4-20(31-18)22(28)26-13-23(14-26)11-17(12-30-23)9-21(27)25-5-7-29-8-6-25/h3-4,17H,5-14H2,1-2H3. The molecule has 0 aromatic carbocycles. The van der Waals surface area contributed by atoms with Gasteiger partial charge in [0.1, 0.15) is 17.1 Å². The highest BCUT2D eigenvalue weighted by molar-refractivity contribution is 5.92. The van der Waals surface area contributed by atoms with Crippen LogP contribution in [-0.2, 0) is 20.7 Å². The lowest BCUT2D eigenvalue weighted by molar-refractivity contribution is -0.136. The van der Waals surface area contributed by atoms with Gasteiger partial charge in [-0.1, -0.05) is 5.16 Å². The zero-order valence-electron chi connectivity index (χ0n) is 18.6. The van der Waals surface area contributed by atoms with Crippen molar-refractivity contribution in [3.63, 3.8) is 0 Å². The van der Waals surface area contributed by atoms with Crippen molar-refractivity contribution < 1.29 is 28.0 Å². The number of amides is 2. The molecule has 2 aromatic rings. The van der Waals surface area contributed by atoms with Gasteiger partial charge in [0.2, 0.25) is 5.91 Å². The maximum Gasteiger partial charge on any atom is 0.289 e. The van der Waals surface area contributed by atoms with Crippen LogP contribution in [0.1, 0.15) is 46.2 Å². The van der Waals surface area contributed by atoms with Crippen LogP contribution in [0.15, 0.2) is 21.1 Å². The van der Waals surface area contributed by atoms with E-state index in [1.165, 1.54) is 0 Å². The Morgan fingerprint density at radius 3 is 2.66 bits per heavy atom. The molecule has 172 valence electrons. The van der Waals surface area contributed by atoms with Crippen molar-refractivity contribution in [1.82, 2.24) is 15.0 Å². The number of aromatic nitrogens is 1. The summed E-state index contributed by atoms with van der Waals surface area (Å²) in [6.07, 6.45) is 1.85. The van der Waals surface area contributed by atoms with Crippen LogP contribution in [0.4, 0.5) is 0 Å². The Labute approximate surface area is 186 Å². The zero-order chi connectivity index (χ0) is 22.3. The molecule has 3 aliphatic heterocycles. The van der Waals surface area contributed by atoms with Crippen molar-refractivity contribution in [3.8, 4) is 0 Å². The molecule has 2 aromatic heterocycles. The number of nitrogens with zero attached hydrogens (tertiary/aromatic N) is 3. The van der Waals surface area contributed by atoms with E-state index in [4.69, 9.17) is 18.4 Å². The van der Waals surface area contributed by atoms with Crippen molar-refractivity contribution >= 4 is 11.8 Å². The third-order valence-corrected chi connectivity index (χ3v) is 6.76. The molecule has 5 heterocycles. The van der Waals surface area contributed by atoms with Crippen molar-refractivity contribution in [2.24, 2.45) is 5.92 Å². The summed E-state index contributed by atoms with van der Waals surface area (Å²) in [4.78, 5) is 29.0. The fraction of sp³-hybridized carbons (Fsp3) is 0.609. The molecule has 9 nitrogen and oxygen atoms in total. The van der Waals surface area contributed by atoms with E-state index in [9.17, 15) is 9.59 Å². The van der Waals surface area contributed by atoms with Crippen molar-refractivity contribution in [2.75, 3.05) is 46.0 Å². The minimum absolute atomic E-state index is 0.128. The quantitative estimate of drug-likeness (QED) is 0.697. The molecule has 5 rings (SSSR count). The number of carbonyl (C=O) groups is 2. The first-order valence-corrected chi connectivity index (χ1v) is 11.2. The van der Waals surface area contributed by atoms with Gasteiger partial charge >= 0.3 is 0 Å². The molecular formula is C23H29N3O6. The SMILES string of the molecule is Cc1noc(C)c1Cc1ccc(C(=O)N2CC3(CC(CC(=O)N4CCOCC4)CO3)C2)o1. The molecule has 9 heteroatoms. The van der Waals surface area contributed by atoms with E-state index in [0.29, 0.717) is 70.4 Å². The lowest BCUT2D eigenvalue weighted by Gasteiger charge is -2.46. The van der Waals surface area contributed by atoms with E-state index in [1.807, 2.05) is 24.8 Å². The lowest BCUT2D eigenvalue weighted by Crippen LogP contribution is -2.63. The summed E-state index contributed by atoms with van der Waals surface area (Å²) < 4.78 is 22.4. The first-order valence-electron chi connectivity index (χ1n) is 11.2. The maximum atomic E-state index is 12.9. The number of likely N-dealkylation sites (tertiary alicyclic amines) is 1. The largest absolute Gasteiger partial charge is 0.456 e. The van der Waals surface area contributed by atoms with Gasteiger partial charge < -0.3 is 28.2 Å². The lowest BCUT2D eigenvalue weighted by atomic mass is 9.85. The number of hydrogen-bond donors (Lipinski definition) is 0. The van der Waals surface area contributed by atoms with Gasteiger partial charge in [0, 0.05) is 31.5 Å². The number of hydrogen-bond acceptors (Lipinski definition) is 7. The number of carbonyl (C=O) groups excluding carboxylic acids is 2. The number of aryl methyl sites for hydroxylation is 2. The minimum Gasteiger partial charge on any atom is -0.456 e. The van der Waals surface area contributed by atoms with E-state index >= 15 is 0 Å². The predicted molar refractivity (Wildman–Crippen MR) is 112 cm³/mol. The van der Waals surface area contributed by atoms with E-state index in [1.54, 1.807) is 11.0 Å². The first-order chi connectivity index (χ1) is 15.4. The molecule has 0 saturated carbocycles. The number of ether oxygens (including phenoxy) is 2. The Balaban J connectivity index is 1.13. The molecule has 0 radical (unpaired) electrons. The van der Waals surface area contributed by atoms with E-state index in [0.717, 1.165) is 23.4 Å². The third-order valence-electron chi connectivity index (χ3n) is 6.76. The molecular weight excluding hydrogens is 414 g/mol. The van der Waals surface area contributed by atoms with Crippen LogP contribution >= 0.6 is 0 Å². The van der Waals surface area contributed by atoms with Crippen molar-refractivity contribution in [2.45, 2.75) is 38.7 Å². The molecule has 1 atom stereocenters. The Morgan fingerprint density at radius 1 is 1.16 bits per heavy atom. The van der Waals surface area contributed by atoms with Crippen LogP contribution in [0, 0.1) is 19.8 Å². The van der Waals surface area contributed by atoms with Crippen molar-refractivity contribution in [1.29, 1.82) is 0 Å². The molecule has 0 N–H and O–H groups in total. The highest BCUT2D eigenvalue weighted by Gasteiger charge is 2.52. The summed E-state index contributed by atoms with van der Waals surface area (Å²) in [5.41, 5.74) is 1.49. The summed E-state index contributed by atoms with van der Waals surface area (Å²) in [6.45, 7) is 7.96. The van der Waals surface area contributed by atoms with Gasteiger partial charge in [-0.25, -0.2) is 0 Å². The second-order valence-electron chi connectivity index (χ2n) is 9.17. The fourth-order valence-electron chi connectivity index (χ4n) is 4.94. The van der Waals surface area contributed by atoms with Gasteiger partial charge in [0.15, 0.2) is 5.76 Å². The van der Waals surface area contributed by atoms with Crippen LogP contribution in [0.5, 0.6) is 0 Å². The van der Waals surface area contributed by atoms with Gasteiger partial charge in [-0.05, 0) is 38.3 Å². The normalized spacial score (nSPS) is 22.4. The average molecular weight is 444 g/mol. The topological polar surface area (TPSA) is 98.3 Å². The zero-order valence-corrected chi connectivity index (χ0v) is 18.6. The van der Waals surface area contributed by atoms with E-state index < -0.39 is 0 Å². The fourth-order valence-corrected chi connectivity index (χ4v) is 4.94. The van der Waals surface area contributed by atoms with Crippen LogP contribution < -0.4 is 0 Å². The monoisotopic (exact) mass is 443 g/mol. The second kappa shape index (κ2) is 8.37. The Hall–Kier alpha value is -2.65. The summed E-state index contributed by atoms with van der Waals surface area (Å²) in [7, 11) is 0. The molecule has 0 aliphatic carbocycles. The van der Waals surface area contributed by atoms with Crippen LogP contribution in [-0.4, -0.2) is 78.4 Å². The molecule has 0 bridgehead atoms. The van der Waals surface area contributed by atoms with Crippen LogP contribution in [0.2, 0.25) is 0 Å². The number of rotatable bonds is 5. The van der Waals surface area contributed by atoms with E-state index in [2.05, 4.69) is 5.16 Å². The van der Waals surface area contributed by atoms with Gasteiger partial charge in [0.25, 0.3) is 5.91 Å². The first kappa shape index (κ1) is 21.2. The molecule has 1 spiro atoms. The molecule has 3 saturated heterocycles. The smallest absolute Gasteiger partial charge is 0.289 e. The molecule has 3 fully saturated rings. The van der Waals surface area contributed by atoms with Crippen molar-refractivity contribution in [3.05, 3.63) is 40.7 Å². The van der Waals surface area contributed by atoms with Gasteiger partial charge in [-0.15, -0.1) is 0 Å². The Kier molecular flexibility index (Phi) is 5.54. The third kappa shape index (κ3) is 4.06. The van der Waals surface area contributed by atoms with Gasteiger partial charge in [-0.2, -0.15) is 0 Å². The highest BCUT2D eigenvalue weighted by atomic mass is 16.5. The summed E-state index contributed by atoms with van der Waals surface area (Å²) >= 11 is 0. The summed E-state index contributed by atoms with van der Waals surface area (Å²) in [5.74, 6) is 2.05. The highest BCUT2D eigenvalue weighted by Crippen LogP contribution is 2.40. The van der Waals surface area contributed by atoms with Gasteiger partial charge in [-0.3, -0.25) is 9.59 Å². The number of morpholine rings is 1. The Bertz CT molecular complexity index is 980. The van der Waals surface area contributed by atoms with E-state index in [-0.39, 0.29) is 23.3 Å². The molecule has 2 amide bonds. The average Bonchev–Trinajstić information content (AvgIpc) is 3.49.